The van der Waals surface area contributed by atoms with E-state index in [2.05, 4.69) is 5.32 Å². The van der Waals surface area contributed by atoms with Crippen LogP contribution in [-0.4, -0.2) is 56.6 Å². The van der Waals surface area contributed by atoms with Crippen LogP contribution in [0.25, 0.3) is 0 Å². The van der Waals surface area contributed by atoms with Crippen molar-refractivity contribution in [1.82, 2.24) is 10.2 Å². The third kappa shape index (κ3) is 4.86. The Kier molecular flexibility index (Phi) is 5.51. The molecule has 1 atom stereocenters. The lowest BCUT2D eigenvalue weighted by Crippen LogP contribution is -2.51. The predicted molar refractivity (Wildman–Crippen MR) is 89.6 cm³/mol. The van der Waals surface area contributed by atoms with Crippen LogP contribution in [-0.2, 0) is 9.84 Å². The number of urea groups is 1. The van der Waals surface area contributed by atoms with Crippen molar-refractivity contribution in [2.75, 3.05) is 31.2 Å². The molecule has 0 spiro atoms. The molecule has 128 valence electrons. The van der Waals surface area contributed by atoms with Crippen molar-refractivity contribution in [2.24, 2.45) is 0 Å². The highest BCUT2D eigenvalue weighted by atomic mass is 32.2. The number of nitrogens with zero attached hydrogens (tertiary/aromatic N) is 1. The first-order valence-electron chi connectivity index (χ1n) is 7.73. The van der Waals surface area contributed by atoms with Crippen molar-refractivity contribution >= 4 is 15.9 Å². The summed E-state index contributed by atoms with van der Waals surface area (Å²) in [5, 5.41) is 2.85. The van der Waals surface area contributed by atoms with Crippen LogP contribution in [0.4, 0.5) is 4.79 Å². The number of nitrogens with one attached hydrogen (secondary N) is 1. The molecule has 0 aliphatic carbocycles. The Morgan fingerprint density at radius 1 is 1.26 bits per heavy atom. The SMILES string of the molecule is Cc1cccc(C)c1OCC(C)NC(=O)N1CCS(=O)(=O)CC1. The molecule has 0 saturated carbocycles. The van der Waals surface area contributed by atoms with E-state index in [4.69, 9.17) is 4.74 Å². The third-order valence-electron chi connectivity index (χ3n) is 3.89. The van der Waals surface area contributed by atoms with Gasteiger partial charge in [0.25, 0.3) is 0 Å². The molecule has 1 aliphatic heterocycles. The van der Waals surface area contributed by atoms with E-state index in [-0.39, 0.29) is 36.7 Å². The summed E-state index contributed by atoms with van der Waals surface area (Å²) in [6.45, 7) is 6.70. The van der Waals surface area contributed by atoms with E-state index in [1.54, 1.807) is 0 Å². The Morgan fingerprint density at radius 3 is 2.39 bits per heavy atom. The van der Waals surface area contributed by atoms with Gasteiger partial charge in [0.05, 0.1) is 17.5 Å². The maximum absolute atomic E-state index is 12.1. The zero-order chi connectivity index (χ0) is 17.0. The second kappa shape index (κ2) is 7.21. The number of aryl methyl sites for hydroxylation is 2. The van der Waals surface area contributed by atoms with Crippen molar-refractivity contribution in [3.8, 4) is 5.75 Å². The van der Waals surface area contributed by atoms with Gasteiger partial charge in [0, 0.05) is 13.1 Å². The number of amides is 2. The van der Waals surface area contributed by atoms with Crippen LogP contribution in [0.1, 0.15) is 18.1 Å². The van der Waals surface area contributed by atoms with E-state index in [1.165, 1.54) is 4.90 Å². The summed E-state index contributed by atoms with van der Waals surface area (Å²) in [6, 6.07) is 5.55. The number of ether oxygens (including phenoxy) is 1. The highest BCUT2D eigenvalue weighted by Gasteiger charge is 2.25. The van der Waals surface area contributed by atoms with Gasteiger partial charge in [0.2, 0.25) is 0 Å². The molecule has 7 heteroatoms. The standard InChI is InChI=1S/C16H24N2O4S/c1-12-5-4-6-13(2)15(12)22-11-14(3)17-16(19)18-7-9-23(20,21)10-8-18/h4-6,14H,7-11H2,1-3H3,(H,17,19). The van der Waals surface area contributed by atoms with E-state index in [9.17, 15) is 13.2 Å². The Labute approximate surface area is 137 Å². The van der Waals surface area contributed by atoms with Gasteiger partial charge in [-0.05, 0) is 31.9 Å². The van der Waals surface area contributed by atoms with Crippen LogP contribution < -0.4 is 10.1 Å². The maximum Gasteiger partial charge on any atom is 0.317 e. The molecule has 2 rings (SSSR count). The van der Waals surface area contributed by atoms with Gasteiger partial charge >= 0.3 is 6.03 Å². The fourth-order valence-electron chi connectivity index (χ4n) is 2.49. The summed E-state index contributed by atoms with van der Waals surface area (Å²) >= 11 is 0. The Hall–Kier alpha value is -1.76. The molecule has 2 amide bonds. The van der Waals surface area contributed by atoms with Crippen LogP contribution in [0.3, 0.4) is 0 Å². The minimum absolute atomic E-state index is 0.0354. The molecule has 0 bridgehead atoms. The van der Waals surface area contributed by atoms with E-state index in [0.29, 0.717) is 6.61 Å². The van der Waals surface area contributed by atoms with Gasteiger partial charge in [-0.15, -0.1) is 0 Å². The molecule has 1 N–H and O–H groups in total. The summed E-state index contributed by atoms with van der Waals surface area (Å²) in [4.78, 5) is 13.7. The van der Waals surface area contributed by atoms with Crippen LogP contribution >= 0.6 is 0 Å². The average molecular weight is 340 g/mol. The molecular weight excluding hydrogens is 316 g/mol. The van der Waals surface area contributed by atoms with E-state index in [1.807, 2.05) is 39.0 Å². The second-order valence-corrected chi connectivity index (χ2v) is 8.32. The van der Waals surface area contributed by atoms with Gasteiger partial charge in [-0.1, -0.05) is 18.2 Å². The zero-order valence-electron chi connectivity index (χ0n) is 13.8. The Bertz CT molecular complexity index is 638. The van der Waals surface area contributed by atoms with Crippen molar-refractivity contribution in [3.63, 3.8) is 0 Å². The first-order valence-corrected chi connectivity index (χ1v) is 9.55. The summed E-state index contributed by atoms with van der Waals surface area (Å²) in [6.07, 6.45) is 0. The summed E-state index contributed by atoms with van der Waals surface area (Å²) in [7, 11) is -2.98. The zero-order valence-corrected chi connectivity index (χ0v) is 14.6. The van der Waals surface area contributed by atoms with Gasteiger partial charge in [0.1, 0.15) is 12.4 Å². The minimum atomic E-state index is -2.98. The lowest BCUT2D eigenvalue weighted by Gasteiger charge is -2.28. The number of hydrogen-bond donors (Lipinski definition) is 1. The van der Waals surface area contributed by atoms with E-state index in [0.717, 1.165) is 16.9 Å². The van der Waals surface area contributed by atoms with Crippen LogP contribution in [0.15, 0.2) is 18.2 Å². The van der Waals surface area contributed by atoms with Gasteiger partial charge in [0.15, 0.2) is 9.84 Å². The molecule has 0 radical (unpaired) electrons. The van der Waals surface area contributed by atoms with Gasteiger partial charge < -0.3 is 15.0 Å². The first-order chi connectivity index (χ1) is 10.8. The quantitative estimate of drug-likeness (QED) is 0.901. The Balaban J connectivity index is 1.83. The van der Waals surface area contributed by atoms with Gasteiger partial charge in [-0.25, -0.2) is 13.2 Å². The molecule has 1 heterocycles. The predicted octanol–water partition coefficient (Wildman–Crippen LogP) is 1.51. The number of hydrogen-bond acceptors (Lipinski definition) is 4. The number of carbonyl (C=O) groups excluding carboxylic acids is 1. The van der Waals surface area contributed by atoms with Gasteiger partial charge in [-0.2, -0.15) is 0 Å². The minimum Gasteiger partial charge on any atom is -0.491 e. The summed E-state index contributed by atoms with van der Waals surface area (Å²) < 4.78 is 28.6. The lowest BCUT2D eigenvalue weighted by atomic mass is 10.1. The average Bonchev–Trinajstić information content (AvgIpc) is 2.46. The molecule has 1 saturated heterocycles. The molecule has 1 unspecified atom stereocenters. The highest BCUT2D eigenvalue weighted by Crippen LogP contribution is 2.22. The smallest absolute Gasteiger partial charge is 0.317 e. The third-order valence-corrected chi connectivity index (χ3v) is 5.50. The number of carbonyl (C=O) groups is 1. The van der Waals surface area contributed by atoms with Crippen LogP contribution in [0.2, 0.25) is 0 Å². The highest BCUT2D eigenvalue weighted by molar-refractivity contribution is 7.91. The largest absolute Gasteiger partial charge is 0.491 e. The normalized spacial score (nSPS) is 18.3. The topological polar surface area (TPSA) is 75.7 Å². The molecule has 1 aromatic rings. The monoisotopic (exact) mass is 340 g/mol. The second-order valence-electron chi connectivity index (χ2n) is 6.02. The number of sulfone groups is 1. The fraction of sp³-hybridized carbons (Fsp3) is 0.562. The first kappa shape index (κ1) is 17.6. The molecule has 6 nitrogen and oxygen atoms in total. The van der Waals surface area contributed by atoms with Crippen molar-refractivity contribution < 1.29 is 17.9 Å². The van der Waals surface area contributed by atoms with Crippen molar-refractivity contribution in [1.29, 1.82) is 0 Å². The fourth-order valence-corrected chi connectivity index (χ4v) is 3.70. The number of benzene rings is 1. The lowest BCUT2D eigenvalue weighted by molar-refractivity contribution is 0.191. The van der Waals surface area contributed by atoms with Crippen LogP contribution in [0.5, 0.6) is 5.75 Å². The molecule has 23 heavy (non-hydrogen) atoms. The Morgan fingerprint density at radius 2 is 1.83 bits per heavy atom. The summed E-state index contributed by atoms with van der Waals surface area (Å²) in [5.74, 6) is 0.916. The van der Waals surface area contributed by atoms with Crippen molar-refractivity contribution in [2.45, 2.75) is 26.8 Å². The number of rotatable bonds is 4. The molecule has 1 aliphatic rings. The van der Waals surface area contributed by atoms with E-state index >= 15 is 0 Å². The molecule has 0 aromatic heterocycles. The van der Waals surface area contributed by atoms with Crippen molar-refractivity contribution in [3.05, 3.63) is 29.3 Å². The summed E-state index contributed by atoms with van der Waals surface area (Å²) in [5.41, 5.74) is 2.12. The molecule has 1 aromatic carbocycles. The molecular formula is C16H24N2O4S. The van der Waals surface area contributed by atoms with Gasteiger partial charge in [-0.3, -0.25) is 0 Å². The number of para-hydroxylation sites is 1. The van der Waals surface area contributed by atoms with E-state index < -0.39 is 9.84 Å². The van der Waals surface area contributed by atoms with Crippen LogP contribution in [0, 0.1) is 13.8 Å². The maximum atomic E-state index is 12.1. The molecule has 1 fully saturated rings.